The molecule has 1 unspecified atom stereocenters. The van der Waals surface area contributed by atoms with E-state index < -0.39 is 5.97 Å². The summed E-state index contributed by atoms with van der Waals surface area (Å²) in [6, 6.07) is 26.1. The third kappa shape index (κ3) is 5.20. The van der Waals surface area contributed by atoms with Crippen molar-refractivity contribution in [1.82, 2.24) is 9.47 Å². The molecule has 4 aromatic rings. The number of hydrogen-bond acceptors (Lipinski definition) is 4. The molecule has 1 aliphatic heterocycles. The molecule has 3 amide bonds. The fourth-order valence-corrected chi connectivity index (χ4v) is 5.40. The van der Waals surface area contributed by atoms with Crippen molar-refractivity contribution in [2.45, 2.75) is 38.8 Å². The molecule has 6 rings (SSSR count). The normalized spacial score (nSPS) is 15.5. The van der Waals surface area contributed by atoms with Gasteiger partial charge in [-0.25, -0.2) is 9.59 Å². The number of ether oxygens (including phenoxy) is 1. The third-order valence-corrected chi connectivity index (χ3v) is 7.58. The highest BCUT2D eigenvalue weighted by Gasteiger charge is 2.40. The summed E-state index contributed by atoms with van der Waals surface area (Å²) in [5.41, 5.74) is 5.82. The van der Waals surface area contributed by atoms with Gasteiger partial charge in [-0.2, -0.15) is 0 Å². The van der Waals surface area contributed by atoms with Crippen LogP contribution in [0.25, 0.3) is 5.69 Å². The van der Waals surface area contributed by atoms with Crippen LogP contribution in [0.4, 0.5) is 16.2 Å². The van der Waals surface area contributed by atoms with Gasteiger partial charge in [-0.1, -0.05) is 42.0 Å². The smallest absolute Gasteiger partial charge is 0.338 e. The second-order valence-electron chi connectivity index (χ2n) is 10.5. The van der Waals surface area contributed by atoms with E-state index in [4.69, 9.17) is 4.74 Å². The Morgan fingerprint density at radius 3 is 2.29 bits per heavy atom. The average molecular weight is 549 g/mol. The number of aromatic nitrogens is 1. The number of aryl methyl sites for hydroxylation is 1. The Kier molecular flexibility index (Phi) is 7.05. The lowest BCUT2D eigenvalue weighted by atomic mass is 9.97. The van der Waals surface area contributed by atoms with Gasteiger partial charge in [-0.3, -0.25) is 9.69 Å². The Hall–Kier alpha value is -4.85. The first-order valence-electron chi connectivity index (χ1n) is 13.9. The minimum atomic E-state index is -0.410. The van der Waals surface area contributed by atoms with Gasteiger partial charge in [0.2, 0.25) is 5.91 Å². The van der Waals surface area contributed by atoms with E-state index in [1.807, 2.05) is 54.4 Å². The minimum Gasteiger partial charge on any atom is -0.462 e. The number of carbonyl (C=O) groups excluding carboxylic acids is 3. The number of nitrogens with one attached hydrogen (secondary N) is 1. The molecule has 2 heterocycles. The van der Waals surface area contributed by atoms with Crippen LogP contribution in [0.2, 0.25) is 0 Å². The van der Waals surface area contributed by atoms with Crippen molar-refractivity contribution in [3.63, 3.8) is 0 Å². The molecule has 1 N–H and O–H groups in total. The van der Waals surface area contributed by atoms with E-state index in [1.54, 1.807) is 36.1 Å². The zero-order valence-electron chi connectivity index (χ0n) is 23.1. The number of carbonyl (C=O) groups is 3. The van der Waals surface area contributed by atoms with Gasteiger partial charge in [0.05, 0.1) is 29.2 Å². The summed E-state index contributed by atoms with van der Waals surface area (Å²) >= 11 is 0. The van der Waals surface area contributed by atoms with Crippen LogP contribution in [0, 0.1) is 6.92 Å². The summed E-state index contributed by atoms with van der Waals surface area (Å²) in [4.78, 5) is 43.2. The van der Waals surface area contributed by atoms with E-state index >= 15 is 0 Å². The molecule has 208 valence electrons. The van der Waals surface area contributed by atoms with Crippen LogP contribution in [0.15, 0.2) is 91.1 Å². The molecule has 1 fully saturated rings. The number of amides is 3. The maximum Gasteiger partial charge on any atom is 0.338 e. The molecule has 0 saturated heterocycles. The molecule has 0 spiro atoms. The Balaban J connectivity index is 1.28. The fourth-order valence-electron chi connectivity index (χ4n) is 5.40. The van der Waals surface area contributed by atoms with E-state index in [0.29, 0.717) is 17.9 Å². The Morgan fingerprint density at radius 2 is 1.61 bits per heavy atom. The van der Waals surface area contributed by atoms with Crippen molar-refractivity contribution in [2.24, 2.45) is 0 Å². The van der Waals surface area contributed by atoms with Gasteiger partial charge in [-0.05, 0) is 80.8 Å². The summed E-state index contributed by atoms with van der Waals surface area (Å²) in [5.74, 6) is -0.568. The van der Waals surface area contributed by atoms with Gasteiger partial charge in [0, 0.05) is 17.9 Å². The van der Waals surface area contributed by atoms with E-state index in [0.717, 1.165) is 41.0 Å². The summed E-state index contributed by atoms with van der Waals surface area (Å²) in [5, 5.41) is 2.91. The lowest BCUT2D eigenvalue weighted by Crippen LogP contribution is -2.48. The number of hydrogen-bond donors (Lipinski definition) is 1. The molecule has 1 aromatic heterocycles. The van der Waals surface area contributed by atoms with E-state index in [-0.39, 0.29) is 30.6 Å². The highest BCUT2D eigenvalue weighted by atomic mass is 16.5. The van der Waals surface area contributed by atoms with E-state index in [2.05, 4.69) is 34.1 Å². The summed E-state index contributed by atoms with van der Waals surface area (Å²) in [6.45, 7) is 4.03. The van der Waals surface area contributed by atoms with Crippen LogP contribution in [0.1, 0.15) is 53.0 Å². The van der Waals surface area contributed by atoms with Crippen LogP contribution in [0.5, 0.6) is 0 Å². The van der Waals surface area contributed by atoms with Crippen molar-refractivity contribution in [2.75, 3.05) is 23.4 Å². The van der Waals surface area contributed by atoms with E-state index in [1.165, 1.54) is 0 Å². The second-order valence-corrected chi connectivity index (χ2v) is 10.5. The zero-order valence-corrected chi connectivity index (χ0v) is 23.1. The third-order valence-electron chi connectivity index (χ3n) is 7.58. The summed E-state index contributed by atoms with van der Waals surface area (Å²) in [7, 11) is 0. The average Bonchev–Trinajstić information content (AvgIpc) is 3.71. The minimum absolute atomic E-state index is 0.000486. The number of para-hydroxylation sites is 2. The standard InChI is InChI=1S/C33H32N4O4/c1-3-41-32(39)24-14-16-25(17-15-24)34-33(40)36(26-18-19-26)21-30(38)37-28-8-5-4-7-27(28)35-20-6-9-29(35)31(37)23-12-10-22(2)11-13-23/h4-17,20,26,31H,3,18-19,21H2,1-2H3,(H,34,40). The van der Waals surface area contributed by atoms with Crippen molar-refractivity contribution in [3.05, 3.63) is 114 Å². The fraction of sp³-hybridized carbons (Fsp3) is 0.242. The van der Waals surface area contributed by atoms with Gasteiger partial charge in [0.25, 0.3) is 0 Å². The molecule has 0 radical (unpaired) electrons. The van der Waals surface area contributed by atoms with Crippen molar-refractivity contribution < 1.29 is 19.1 Å². The number of fused-ring (bicyclic) bond motifs is 3. The van der Waals surface area contributed by atoms with Gasteiger partial charge in [0.1, 0.15) is 12.6 Å². The molecule has 3 aromatic carbocycles. The largest absolute Gasteiger partial charge is 0.462 e. The number of urea groups is 1. The van der Waals surface area contributed by atoms with Crippen LogP contribution in [-0.4, -0.2) is 46.6 Å². The molecule has 8 nitrogen and oxygen atoms in total. The molecule has 1 atom stereocenters. The monoisotopic (exact) mass is 548 g/mol. The van der Waals surface area contributed by atoms with Crippen molar-refractivity contribution in [3.8, 4) is 5.69 Å². The van der Waals surface area contributed by atoms with Crippen molar-refractivity contribution in [1.29, 1.82) is 0 Å². The molecule has 8 heteroatoms. The van der Waals surface area contributed by atoms with Crippen LogP contribution < -0.4 is 10.2 Å². The molecule has 41 heavy (non-hydrogen) atoms. The Labute approximate surface area is 239 Å². The van der Waals surface area contributed by atoms with Crippen LogP contribution in [-0.2, 0) is 9.53 Å². The number of rotatable bonds is 7. The molecular weight excluding hydrogens is 516 g/mol. The lowest BCUT2D eigenvalue weighted by Gasteiger charge is -2.39. The van der Waals surface area contributed by atoms with Gasteiger partial charge in [0.15, 0.2) is 0 Å². The Morgan fingerprint density at radius 1 is 0.902 bits per heavy atom. The predicted molar refractivity (Wildman–Crippen MR) is 157 cm³/mol. The maximum absolute atomic E-state index is 14.3. The quantitative estimate of drug-likeness (QED) is 0.283. The molecule has 2 aliphatic rings. The topological polar surface area (TPSA) is 83.9 Å². The first-order chi connectivity index (χ1) is 19.9. The molecule has 1 saturated carbocycles. The van der Waals surface area contributed by atoms with Crippen molar-refractivity contribution >= 4 is 29.3 Å². The Bertz CT molecular complexity index is 1590. The first kappa shape index (κ1) is 26.4. The second kappa shape index (κ2) is 11.0. The summed E-state index contributed by atoms with van der Waals surface area (Å²) in [6.07, 6.45) is 3.72. The zero-order chi connectivity index (χ0) is 28.5. The maximum atomic E-state index is 14.3. The molecule has 0 bridgehead atoms. The van der Waals surface area contributed by atoms with Gasteiger partial charge in [-0.15, -0.1) is 0 Å². The number of nitrogens with zero attached hydrogens (tertiary/aromatic N) is 3. The van der Waals surface area contributed by atoms with Crippen LogP contribution in [0.3, 0.4) is 0 Å². The number of benzene rings is 3. The number of esters is 1. The molecule has 1 aliphatic carbocycles. The summed E-state index contributed by atoms with van der Waals surface area (Å²) < 4.78 is 7.17. The van der Waals surface area contributed by atoms with Gasteiger partial charge < -0.3 is 19.5 Å². The lowest BCUT2D eigenvalue weighted by molar-refractivity contribution is -0.119. The molecular formula is C33H32N4O4. The SMILES string of the molecule is CCOC(=O)c1ccc(NC(=O)N(CC(=O)N2c3ccccc3-n3cccc3C2c2ccc(C)cc2)C2CC2)cc1. The highest BCUT2D eigenvalue weighted by molar-refractivity contribution is 6.01. The highest BCUT2D eigenvalue weighted by Crippen LogP contribution is 2.42. The van der Waals surface area contributed by atoms with E-state index in [9.17, 15) is 14.4 Å². The number of anilines is 2. The first-order valence-corrected chi connectivity index (χ1v) is 13.9. The van der Waals surface area contributed by atoms with Gasteiger partial charge >= 0.3 is 12.0 Å². The van der Waals surface area contributed by atoms with Crippen LogP contribution >= 0.6 is 0 Å². The predicted octanol–water partition coefficient (Wildman–Crippen LogP) is 6.09.